The van der Waals surface area contributed by atoms with Crippen molar-refractivity contribution in [3.8, 4) is 6.07 Å². The Morgan fingerprint density at radius 3 is 2.63 bits per heavy atom. The third-order valence-corrected chi connectivity index (χ3v) is 5.59. The lowest BCUT2D eigenvalue weighted by molar-refractivity contribution is 0.297. The van der Waals surface area contributed by atoms with Crippen LogP contribution in [0.3, 0.4) is 0 Å². The number of hydrogen-bond acceptors (Lipinski definition) is 3. The minimum absolute atomic E-state index is 0.290. The molecule has 0 saturated carbocycles. The average Bonchev–Trinajstić information content (AvgIpc) is 2.41. The lowest BCUT2D eigenvalue weighted by Gasteiger charge is -2.30. The number of hydrogen-bond donors (Lipinski definition) is 0. The first-order valence-electron chi connectivity index (χ1n) is 6.45. The number of nitrogens with zero attached hydrogens (tertiary/aromatic N) is 2. The van der Waals surface area contributed by atoms with Crippen molar-refractivity contribution in [1.82, 2.24) is 4.31 Å². The summed E-state index contributed by atoms with van der Waals surface area (Å²) in [6.45, 7) is 4.28. The Labute approximate surface area is 114 Å². The normalized spacial score (nSPS) is 21.0. The zero-order chi connectivity index (χ0) is 14.0. The van der Waals surface area contributed by atoms with Gasteiger partial charge in [0, 0.05) is 6.54 Å². The monoisotopic (exact) mass is 278 g/mol. The molecule has 0 aliphatic carbocycles. The van der Waals surface area contributed by atoms with Crippen LogP contribution in [0.25, 0.3) is 0 Å². The summed E-state index contributed by atoms with van der Waals surface area (Å²) in [5.41, 5.74) is 2.01. The van der Waals surface area contributed by atoms with Crippen molar-refractivity contribution >= 4 is 10.0 Å². The predicted octanol–water partition coefficient (Wildman–Crippen LogP) is 2.37. The first-order valence-corrected chi connectivity index (χ1v) is 7.89. The molecule has 4 nitrogen and oxygen atoms in total. The third kappa shape index (κ3) is 2.65. The second-order valence-corrected chi connectivity index (χ2v) is 6.89. The molecular formula is C14H18N2O2S. The number of piperidine rings is 1. The molecule has 1 aromatic rings. The fourth-order valence-corrected chi connectivity index (χ4v) is 4.03. The molecular weight excluding hydrogens is 260 g/mol. The van der Waals surface area contributed by atoms with Gasteiger partial charge in [-0.2, -0.15) is 9.57 Å². The molecule has 1 saturated heterocycles. The van der Waals surface area contributed by atoms with E-state index >= 15 is 0 Å². The Bertz CT molecular complexity index is 617. The number of nitriles is 1. The lowest BCUT2D eigenvalue weighted by Crippen LogP contribution is -2.42. The molecule has 0 bridgehead atoms. The van der Waals surface area contributed by atoms with E-state index in [1.807, 2.05) is 19.9 Å². The summed E-state index contributed by atoms with van der Waals surface area (Å²) in [7, 11) is -3.55. The van der Waals surface area contributed by atoms with Gasteiger partial charge in [0.1, 0.15) is 6.04 Å². The van der Waals surface area contributed by atoms with Crippen LogP contribution in [0.4, 0.5) is 0 Å². The predicted molar refractivity (Wildman–Crippen MR) is 73.1 cm³/mol. The van der Waals surface area contributed by atoms with Gasteiger partial charge >= 0.3 is 0 Å². The van der Waals surface area contributed by atoms with Crippen LogP contribution >= 0.6 is 0 Å². The number of sulfonamides is 1. The molecule has 0 N–H and O–H groups in total. The molecule has 1 aliphatic rings. The summed E-state index contributed by atoms with van der Waals surface area (Å²) in [4.78, 5) is 0.290. The lowest BCUT2D eigenvalue weighted by atomic mass is 10.1. The summed E-state index contributed by atoms with van der Waals surface area (Å²) < 4.78 is 26.5. The zero-order valence-electron chi connectivity index (χ0n) is 11.3. The molecule has 1 aliphatic heterocycles. The van der Waals surface area contributed by atoms with Crippen LogP contribution < -0.4 is 0 Å². The quantitative estimate of drug-likeness (QED) is 0.834. The summed E-state index contributed by atoms with van der Waals surface area (Å²) in [6.07, 6.45) is 2.36. The van der Waals surface area contributed by atoms with E-state index in [1.54, 1.807) is 12.1 Å². The van der Waals surface area contributed by atoms with E-state index in [2.05, 4.69) is 6.07 Å². The molecule has 1 unspecified atom stereocenters. The molecule has 0 amide bonds. The highest BCUT2D eigenvalue weighted by Gasteiger charge is 2.33. The van der Waals surface area contributed by atoms with E-state index < -0.39 is 16.1 Å². The van der Waals surface area contributed by atoms with Crippen molar-refractivity contribution in [2.75, 3.05) is 6.54 Å². The van der Waals surface area contributed by atoms with Crippen molar-refractivity contribution in [2.24, 2.45) is 0 Å². The topological polar surface area (TPSA) is 61.2 Å². The van der Waals surface area contributed by atoms with Crippen LogP contribution in [0.1, 0.15) is 30.4 Å². The average molecular weight is 278 g/mol. The molecule has 1 aromatic carbocycles. The molecule has 0 aromatic heterocycles. The van der Waals surface area contributed by atoms with Crippen LogP contribution in [-0.4, -0.2) is 25.3 Å². The van der Waals surface area contributed by atoms with Gasteiger partial charge in [0.15, 0.2) is 0 Å². The Balaban J connectivity index is 2.41. The minimum atomic E-state index is -3.55. The number of benzene rings is 1. The largest absolute Gasteiger partial charge is 0.244 e. The third-order valence-electron chi connectivity index (χ3n) is 3.69. The summed E-state index contributed by atoms with van der Waals surface area (Å²) >= 11 is 0. The summed E-state index contributed by atoms with van der Waals surface area (Å²) in [5, 5.41) is 9.11. The van der Waals surface area contributed by atoms with Gasteiger partial charge in [0.2, 0.25) is 10.0 Å². The number of rotatable bonds is 2. The molecule has 1 atom stereocenters. The van der Waals surface area contributed by atoms with E-state index in [0.717, 1.165) is 24.0 Å². The van der Waals surface area contributed by atoms with Crippen LogP contribution in [0, 0.1) is 25.2 Å². The Morgan fingerprint density at radius 1 is 1.26 bits per heavy atom. The maximum Gasteiger partial charge on any atom is 0.244 e. The van der Waals surface area contributed by atoms with Crippen molar-refractivity contribution in [2.45, 2.75) is 44.0 Å². The van der Waals surface area contributed by atoms with E-state index in [4.69, 9.17) is 5.26 Å². The van der Waals surface area contributed by atoms with Crippen LogP contribution in [-0.2, 0) is 10.0 Å². The minimum Gasteiger partial charge on any atom is -0.207 e. The summed E-state index contributed by atoms with van der Waals surface area (Å²) in [6, 6.07) is 6.70. The molecule has 0 spiro atoms. The van der Waals surface area contributed by atoms with Gasteiger partial charge in [-0.1, -0.05) is 6.07 Å². The van der Waals surface area contributed by atoms with Crippen molar-refractivity contribution < 1.29 is 8.42 Å². The second kappa shape index (κ2) is 5.32. The molecule has 5 heteroatoms. The van der Waals surface area contributed by atoms with Gasteiger partial charge in [-0.15, -0.1) is 0 Å². The smallest absolute Gasteiger partial charge is 0.207 e. The van der Waals surface area contributed by atoms with Gasteiger partial charge in [-0.05, 0) is 56.4 Å². The molecule has 2 rings (SSSR count). The van der Waals surface area contributed by atoms with Crippen LogP contribution in [0.15, 0.2) is 23.1 Å². The summed E-state index contributed by atoms with van der Waals surface area (Å²) in [5.74, 6) is 0. The van der Waals surface area contributed by atoms with Gasteiger partial charge in [0.05, 0.1) is 11.0 Å². The van der Waals surface area contributed by atoms with Gasteiger partial charge in [-0.25, -0.2) is 8.42 Å². The van der Waals surface area contributed by atoms with Crippen LogP contribution in [0.5, 0.6) is 0 Å². The fraction of sp³-hybridized carbons (Fsp3) is 0.500. The molecule has 1 heterocycles. The fourth-order valence-electron chi connectivity index (χ4n) is 2.33. The standard InChI is InChI=1S/C14H18N2O2S/c1-11-6-7-14(9-12(11)2)19(17,18)16-8-4-3-5-13(16)10-15/h6-7,9,13H,3-5,8H2,1-2H3. The number of aryl methyl sites for hydroxylation is 2. The van der Waals surface area contributed by atoms with E-state index in [0.29, 0.717) is 13.0 Å². The second-order valence-electron chi connectivity index (χ2n) is 5.00. The van der Waals surface area contributed by atoms with Crippen LogP contribution in [0.2, 0.25) is 0 Å². The van der Waals surface area contributed by atoms with Gasteiger partial charge < -0.3 is 0 Å². The van der Waals surface area contributed by atoms with E-state index in [1.165, 1.54) is 4.31 Å². The molecule has 19 heavy (non-hydrogen) atoms. The van der Waals surface area contributed by atoms with Crippen molar-refractivity contribution in [1.29, 1.82) is 5.26 Å². The SMILES string of the molecule is Cc1ccc(S(=O)(=O)N2CCCCC2C#N)cc1C. The van der Waals surface area contributed by atoms with Gasteiger partial charge in [0.25, 0.3) is 0 Å². The van der Waals surface area contributed by atoms with E-state index in [9.17, 15) is 8.42 Å². The van der Waals surface area contributed by atoms with Crippen molar-refractivity contribution in [3.05, 3.63) is 29.3 Å². The molecule has 0 radical (unpaired) electrons. The Hall–Kier alpha value is -1.38. The first-order chi connectivity index (χ1) is 8.96. The van der Waals surface area contributed by atoms with Crippen molar-refractivity contribution in [3.63, 3.8) is 0 Å². The highest BCUT2D eigenvalue weighted by molar-refractivity contribution is 7.89. The maximum atomic E-state index is 12.6. The highest BCUT2D eigenvalue weighted by Crippen LogP contribution is 2.26. The molecule has 1 fully saturated rings. The highest BCUT2D eigenvalue weighted by atomic mass is 32.2. The molecule has 102 valence electrons. The zero-order valence-corrected chi connectivity index (χ0v) is 12.1. The Kier molecular flexibility index (Phi) is 3.93. The van der Waals surface area contributed by atoms with Gasteiger partial charge in [-0.3, -0.25) is 0 Å². The maximum absolute atomic E-state index is 12.6. The Morgan fingerprint density at radius 2 is 2.00 bits per heavy atom. The van der Waals surface area contributed by atoms with E-state index in [-0.39, 0.29) is 4.90 Å². The first kappa shape index (κ1) is 14.0.